The van der Waals surface area contributed by atoms with Crippen LogP contribution in [0.4, 0.5) is 0 Å². The van der Waals surface area contributed by atoms with E-state index in [0.29, 0.717) is 0 Å². The minimum Gasteiger partial charge on any atom is -0.494 e. The fraction of sp³-hybridized carbons (Fsp3) is 0.250. The molecule has 0 spiro atoms. The van der Waals surface area contributed by atoms with Crippen LogP contribution in [-0.2, 0) is 0 Å². The molecule has 1 radical (unpaired) electrons. The summed E-state index contributed by atoms with van der Waals surface area (Å²) in [6.45, 7) is 2.96. The molecule has 2 aromatic carbocycles. The fourth-order valence-corrected chi connectivity index (χ4v) is 2.36. The van der Waals surface area contributed by atoms with Crippen LogP contribution < -0.4 is 4.74 Å². The van der Waals surface area contributed by atoms with Gasteiger partial charge in [-0.2, -0.15) is 0 Å². The molecule has 0 atom stereocenters. The molecule has 1 heterocycles. The summed E-state index contributed by atoms with van der Waals surface area (Å²) in [5, 5.41) is 4.14. The lowest BCUT2D eigenvalue weighted by Crippen LogP contribution is -1.96. The van der Waals surface area contributed by atoms with Crippen molar-refractivity contribution < 1.29 is 9.26 Å². The van der Waals surface area contributed by atoms with E-state index in [1.54, 1.807) is 0 Å². The predicted molar refractivity (Wildman–Crippen MR) is 91.2 cm³/mol. The van der Waals surface area contributed by atoms with Crippen LogP contribution in [0.25, 0.3) is 22.6 Å². The zero-order valence-corrected chi connectivity index (χ0v) is 13.3. The van der Waals surface area contributed by atoms with Gasteiger partial charge in [0.1, 0.15) is 11.4 Å². The summed E-state index contributed by atoms with van der Waals surface area (Å²) < 4.78 is 11.2. The van der Waals surface area contributed by atoms with Crippen LogP contribution in [0.5, 0.6) is 5.75 Å². The number of rotatable bonds is 7. The molecule has 0 aliphatic rings. The van der Waals surface area contributed by atoms with E-state index in [1.807, 2.05) is 54.6 Å². The number of nitrogens with zero attached hydrogens (tertiary/aromatic N) is 1. The lowest BCUT2D eigenvalue weighted by molar-refractivity contribution is 0.306. The second-order valence-electron chi connectivity index (χ2n) is 5.45. The van der Waals surface area contributed by atoms with Crippen molar-refractivity contribution in [2.75, 3.05) is 6.61 Å². The lowest BCUT2D eigenvalue weighted by Gasteiger charge is -2.05. The van der Waals surface area contributed by atoms with Gasteiger partial charge in [-0.1, -0.05) is 49.2 Å². The van der Waals surface area contributed by atoms with Crippen LogP contribution in [0.3, 0.4) is 0 Å². The average molecular weight is 306 g/mol. The summed E-state index contributed by atoms with van der Waals surface area (Å²) in [6, 6.07) is 20.6. The molecule has 117 valence electrons. The van der Waals surface area contributed by atoms with E-state index in [-0.39, 0.29) is 0 Å². The van der Waals surface area contributed by atoms with Gasteiger partial charge in [0.25, 0.3) is 0 Å². The Labute approximate surface area is 136 Å². The molecule has 0 bridgehead atoms. The first kappa shape index (κ1) is 15.3. The highest BCUT2D eigenvalue weighted by molar-refractivity contribution is 5.66. The van der Waals surface area contributed by atoms with Crippen molar-refractivity contribution in [1.82, 2.24) is 5.16 Å². The molecular formula is C20H20NO2. The fourth-order valence-electron chi connectivity index (χ4n) is 2.36. The molecule has 1 aromatic heterocycles. The number of aromatic nitrogens is 1. The van der Waals surface area contributed by atoms with Gasteiger partial charge in [0, 0.05) is 17.2 Å². The maximum absolute atomic E-state index is 5.72. The van der Waals surface area contributed by atoms with Gasteiger partial charge in [0.15, 0.2) is 5.76 Å². The van der Waals surface area contributed by atoms with Crippen LogP contribution in [0.2, 0.25) is 0 Å². The Bertz CT molecular complexity index is 717. The molecule has 0 aliphatic carbocycles. The maximum Gasteiger partial charge on any atom is 0.167 e. The second kappa shape index (κ2) is 7.63. The highest BCUT2D eigenvalue weighted by Gasteiger charge is 2.08. The summed E-state index contributed by atoms with van der Waals surface area (Å²) in [6.07, 6.45) is 3.50. The largest absolute Gasteiger partial charge is 0.494 e. The first-order valence-corrected chi connectivity index (χ1v) is 8.03. The average Bonchev–Trinajstić information content (AvgIpc) is 3.10. The Morgan fingerprint density at radius 1 is 1.00 bits per heavy atom. The third-order valence-electron chi connectivity index (χ3n) is 3.68. The van der Waals surface area contributed by atoms with Gasteiger partial charge in [-0.05, 0) is 36.8 Å². The quantitative estimate of drug-likeness (QED) is 0.550. The Morgan fingerprint density at radius 3 is 2.52 bits per heavy atom. The third kappa shape index (κ3) is 4.01. The van der Waals surface area contributed by atoms with Crippen molar-refractivity contribution in [2.45, 2.75) is 26.2 Å². The van der Waals surface area contributed by atoms with Crippen molar-refractivity contribution in [3.05, 3.63) is 60.7 Å². The topological polar surface area (TPSA) is 35.3 Å². The zero-order chi connectivity index (χ0) is 15.9. The van der Waals surface area contributed by atoms with Gasteiger partial charge in [-0.3, -0.25) is 0 Å². The summed E-state index contributed by atoms with van der Waals surface area (Å²) in [7, 11) is 0. The molecule has 23 heavy (non-hydrogen) atoms. The van der Waals surface area contributed by atoms with E-state index < -0.39 is 0 Å². The van der Waals surface area contributed by atoms with Crippen LogP contribution in [0.1, 0.15) is 26.2 Å². The van der Waals surface area contributed by atoms with Gasteiger partial charge in [0.2, 0.25) is 0 Å². The van der Waals surface area contributed by atoms with E-state index in [4.69, 9.17) is 9.26 Å². The SMILES string of the molecule is CCCCCOc1ccc(-c2cc(-c3cc[c]cc3)no2)cc1. The van der Waals surface area contributed by atoms with Crippen LogP contribution in [-0.4, -0.2) is 11.8 Å². The molecule has 3 rings (SSSR count). The van der Waals surface area contributed by atoms with Crippen molar-refractivity contribution in [3.8, 4) is 28.3 Å². The molecule has 0 fully saturated rings. The van der Waals surface area contributed by atoms with Gasteiger partial charge in [0.05, 0.1) is 6.61 Å². The van der Waals surface area contributed by atoms with E-state index in [1.165, 1.54) is 12.8 Å². The van der Waals surface area contributed by atoms with Crippen LogP contribution >= 0.6 is 0 Å². The molecule has 0 saturated carbocycles. The Kier molecular flexibility index (Phi) is 5.09. The number of hydrogen-bond acceptors (Lipinski definition) is 3. The Hall–Kier alpha value is -2.55. The molecular weight excluding hydrogens is 286 g/mol. The molecule has 3 nitrogen and oxygen atoms in total. The normalized spacial score (nSPS) is 10.7. The van der Waals surface area contributed by atoms with E-state index in [9.17, 15) is 0 Å². The predicted octanol–water partition coefficient (Wildman–Crippen LogP) is 5.38. The summed E-state index contributed by atoms with van der Waals surface area (Å²) in [5.41, 5.74) is 2.84. The molecule has 0 aliphatic heterocycles. The zero-order valence-electron chi connectivity index (χ0n) is 13.3. The van der Waals surface area contributed by atoms with E-state index in [0.717, 1.165) is 41.4 Å². The molecule has 0 N–H and O–H groups in total. The minimum atomic E-state index is 0.755. The van der Waals surface area contributed by atoms with E-state index >= 15 is 0 Å². The van der Waals surface area contributed by atoms with Crippen molar-refractivity contribution in [1.29, 1.82) is 0 Å². The van der Waals surface area contributed by atoms with Crippen molar-refractivity contribution >= 4 is 0 Å². The number of benzene rings is 2. The highest BCUT2D eigenvalue weighted by atomic mass is 16.5. The van der Waals surface area contributed by atoms with Crippen molar-refractivity contribution in [3.63, 3.8) is 0 Å². The van der Waals surface area contributed by atoms with Gasteiger partial charge < -0.3 is 9.26 Å². The van der Waals surface area contributed by atoms with Crippen molar-refractivity contribution in [2.24, 2.45) is 0 Å². The highest BCUT2D eigenvalue weighted by Crippen LogP contribution is 2.27. The number of unbranched alkanes of at least 4 members (excludes halogenated alkanes) is 2. The number of ether oxygens (including phenoxy) is 1. The molecule has 0 unspecified atom stereocenters. The monoisotopic (exact) mass is 306 g/mol. The summed E-state index contributed by atoms with van der Waals surface area (Å²) in [5.74, 6) is 1.65. The molecule has 0 saturated heterocycles. The second-order valence-corrected chi connectivity index (χ2v) is 5.45. The molecule has 3 aromatic rings. The van der Waals surface area contributed by atoms with Crippen LogP contribution in [0.15, 0.2) is 59.1 Å². The summed E-state index contributed by atoms with van der Waals surface area (Å²) in [4.78, 5) is 0. The first-order chi connectivity index (χ1) is 11.4. The smallest absolute Gasteiger partial charge is 0.167 e. The van der Waals surface area contributed by atoms with E-state index in [2.05, 4.69) is 18.1 Å². The lowest BCUT2D eigenvalue weighted by atomic mass is 10.1. The third-order valence-corrected chi connectivity index (χ3v) is 3.68. The number of hydrogen-bond donors (Lipinski definition) is 0. The minimum absolute atomic E-state index is 0.755. The standard InChI is InChI=1S/C20H20NO2/c1-2-3-7-14-22-18-12-10-17(11-13-18)20-15-19(21-23-20)16-8-5-4-6-9-16/h5-6,8-13,15H,2-3,7,14H2,1H3. The van der Waals surface area contributed by atoms with Gasteiger partial charge >= 0.3 is 0 Å². The Morgan fingerprint density at radius 2 is 1.78 bits per heavy atom. The van der Waals surface area contributed by atoms with Gasteiger partial charge in [-0.15, -0.1) is 0 Å². The Balaban J connectivity index is 1.67. The summed E-state index contributed by atoms with van der Waals surface area (Å²) >= 11 is 0. The molecule has 0 amide bonds. The van der Waals surface area contributed by atoms with Crippen LogP contribution in [0, 0.1) is 6.07 Å². The van der Waals surface area contributed by atoms with Gasteiger partial charge in [-0.25, -0.2) is 0 Å². The molecule has 3 heteroatoms. The maximum atomic E-state index is 5.72. The first-order valence-electron chi connectivity index (χ1n) is 8.03.